The van der Waals surface area contributed by atoms with Gasteiger partial charge in [-0.1, -0.05) is 24.4 Å². The van der Waals surface area contributed by atoms with Crippen LogP contribution in [0, 0.1) is 5.92 Å². The Morgan fingerprint density at radius 2 is 2.16 bits per heavy atom. The molecule has 1 fully saturated rings. The minimum Gasteiger partial charge on any atom is -0.492 e. The van der Waals surface area contributed by atoms with E-state index < -0.39 is 0 Å². The Hall–Kier alpha value is -2.01. The molecule has 1 atom stereocenters. The number of halogens is 1. The number of benzene rings is 1. The average molecular weight is 360 g/mol. The van der Waals surface area contributed by atoms with Crippen LogP contribution in [0.15, 0.2) is 30.5 Å². The van der Waals surface area contributed by atoms with Gasteiger partial charge < -0.3 is 10.1 Å². The highest BCUT2D eigenvalue weighted by atomic mass is 35.5. The Morgan fingerprint density at radius 3 is 3.00 bits per heavy atom. The second kappa shape index (κ2) is 7.08. The van der Waals surface area contributed by atoms with Crippen molar-refractivity contribution in [2.75, 3.05) is 6.61 Å². The van der Waals surface area contributed by atoms with Crippen molar-refractivity contribution in [3.8, 4) is 5.75 Å². The summed E-state index contributed by atoms with van der Waals surface area (Å²) in [5, 5.41) is 8.27. The Kier molecular flexibility index (Phi) is 4.66. The fraction of sp³-hybridized carbons (Fsp3) is 0.474. The number of hydrogen-bond acceptors (Lipinski definition) is 3. The van der Waals surface area contributed by atoms with Gasteiger partial charge in [-0.2, -0.15) is 5.10 Å². The van der Waals surface area contributed by atoms with Crippen LogP contribution in [-0.4, -0.2) is 22.3 Å². The molecular weight excluding hydrogens is 338 g/mol. The van der Waals surface area contributed by atoms with Crippen LogP contribution in [-0.2, 0) is 17.8 Å². The summed E-state index contributed by atoms with van der Waals surface area (Å²) in [6.07, 6.45) is 7.65. The Balaban J connectivity index is 1.33. The SMILES string of the molecule is O=C(NCc1ccn(C2CCCC2)n1)[C@@H]1COc2ccc(Cl)cc2C1. The molecule has 0 unspecified atom stereocenters. The highest BCUT2D eigenvalue weighted by molar-refractivity contribution is 6.30. The third kappa shape index (κ3) is 3.66. The zero-order chi connectivity index (χ0) is 17.2. The highest BCUT2D eigenvalue weighted by Crippen LogP contribution is 2.30. The summed E-state index contributed by atoms with van der Waals surface area (Å²) in [6.45, 7) is 0.856. The molecule has 2 heterocycles. The number of fused-ring (bicyclic) bond motifs is 1. The van der Waals surface area contributed by atoms with E-state index in [-0.39, 0.29) is 11.8 Å². The van der Waals surface area contributed by atoms with Crippen molar-refractivity contribution >= 4 is 17.5 Å². The molecule has 2 aliphatic rings. The Bertz CT molecular complexity index is 768. The molecule has 2 aromatic rings. The first-order valence-electron chi connectivity index (χ1n) is 8.92. The zero-order valence-corrected chi connectivity index (χ0v) is 14.8. The van der Waals surface area contributed by atoms with Crippen molar-refractivity contribution < 1.29 is 9.53 Å². The minimum absolute atomic E-state index is 0.000965. The zero-order valence-electron chi connectivity index (χ0n) is 14.1. The first-order valence-corrected chi connectivity index (χ1v) is 9.30. The lowest BCUT2D eigenvalue weighted by atomic mass is 9.96. The first-order chi connectivity index (χ1) is 12.2. The first kappa shape index (κ1) is 16.5. The van der Waals surface area contributed by atoms with Gasteiger partial charge in [-0.25, -0.2) is 0 Å². The van der Waals surface area contributed by atoms with Crippen molar-refractivity contribution in [2.45, 2.75) is 44.7 Å². The number of ether oxygens (including phenoxy) is 1. The molecule has 0 saturated heterocycles. The van der Waals surface area contributed by atoms with Crippen LogP contribution in [0.25, 0.3) is 0 Å². The lowest BCUT2D eigenvalue weighted by Crippen LogP contribution is -2.37. The topological polar surface area (TPSA) is 56.2 Å². The molecule has 1 aromatic carbocycles. The quantitative estimate of drug-likeness (QED) is 0.908. The van der Waals surface area contributed by atoms with Crippen LogP contribution < -0.4 is 10.1 Å². The molecule has 1 aliphatic heterocycles. The van der Waals surface area contributed by atoms with Gasteiger partial charge in [0.25, 0.3) is 0 Å². The van der Waals surface area contributed by atoms with Gasteiger partial charge in [0, 0.05) is 11.2 Å². The van der Waals surface area contributed by atoms with Gasteiger partial charge >= 0.3 is 0 Å². The number of carbonyl (C=O) groups is 1. The summed E-state index contributed by atoms with van der Waals surface area (Å²) in [5.74, 6) is 0.632. The van der Waals surface area contributed by atoms with Gasteiger partial charge in [-0.3, -0.25) is 9.48 Å². The Morgan fingerprint density at radius 1 is 1.32 bits per heavy atom. The number of carbonyl (C=O) groups excluding carboxylic acids is 1. The number of nitrogens with one attached hydrogen (secondary N) is 1. The van der Waals surface area contributed by atoms with Gasteiger partial charge in [-0.15, -0.1) is 0 Å². The van der Waals surface area contributed by atoms with Gasteiger partial charge in [0.05, 0.1) is 24.2 Å². The maximum Gasteiger partial charge on any atom is 0.227 e. The van der Waals surface area contributed by atoms with E-state index in [1.54, 1.807) is 0 Å². The van der Waals surface area contributed by atoms with E-state index in [0.29, 0.717) is 30.6 Å². The van der Waals surface area contributed by atoms with Gasteiger partial charge in [0.1, 0.15) is 12.4 Å². The number of rotatable bonds is 4. The van der Waals surface area contributed by atoms with Gasteiger partial charge in [0.15, 0.2) is 0 Å². The van der Waals surface area contributed by atoms with E-state index in [2.05, 4.69) is 15.1 Å². The van der Waals surface area contributed by atoms with E-state index >= 15 is 0 Å². The molecule has 1 N–H and O–H groups in total. The predicted octanol–water partition coefficient (Wildman–Crippen LogP) is 3.52. The van der Waals surface area contributed by atoms with Crippen molar-refractivity contribution in [1.29, 1.82) is 0 Å². The summed E-state index contributed by atoms with van der Waals surface area (Å²) in [4.78, 5) is 12.5. The normalized spacial score (nSPS) is 20.1. The minimum atomic E-state index is -0.192. The maximum absolute atomic E-state index is 12.5. The molecule has 5 nitrogen and oxygen atoms in total. The smallest absolute Gasteiger partial charge is 0.227 e. The molecule has 1 saturated carbocycles. The number of aromatic nitrogens is 2. The highest BCUT2D eigenvalue weighted by Gasteiger charge is 2.26. The predicted molar refractivity (Wildman–Crippen MR) is 95.7 cm³/mol. The summed E-state index contributed by atoms with van der Waals surface area (Å²) in [5.41, 5.74) is 1.89. The van der Waals surface area contributed by atoms with E-state index in [1.807, 2.05) is 30.5 Å². The van der Waals surface area contributed by atoms with Crippen molar-refractivity contribution in [1.82, 2.24) is 15.1 Å². The maximum atomic E-state index is 12.5. The lowest BCUT2D eigenvalue weighted by Gasteiger charge is -2.24. The molecule has 4 rings (SSSR count). The van der Waals surface area contributed by atoms with E-state index in [9.17, 15) is 4.79 Å². The second-order valence-electron chi connectivity index (χ2n) is 6.91. The summed E-state index contributed by atoms with van der Waals surface area (Å²) in [6, 6.07) is 8.06. The van der Waals surface area contributed by atoms with Gasteiger partial charge in [0.2, 0.25) is 5.91 Å². The third-order valence-corrected chi connectivity index (χ3v) is 5.34. The molecular formula is C19H22ClN3O2. The molecule has 132 valence electrons. The molecule has 6 heteroatoms. The van der Waals surface area contributed by atoms with E-state index in [4.69, 9.17) is 16.3 Å². The summed E-state index contributed by atoms with van der Waals surface area (Å²) < 4.78 is 7.75. The second-order valence-corrected chi connectivity index (χ2v) is 7.34. The van der Waals surface area contributed by atoms with Crippen LogP contribution in [0.5, 0.6) is 5.75 Å². The van der Waals surface area contributed by atoms with Crippen LogP contribution >= 0.6 is 11.6 Å². The largest absolute Gasteiger partial charge is 0.492 e. The monoisotopic (exact) mass is 359 g/mol. The molecule has 1 aromatic heterocycles. The number of nitrogens with zero attached hydrogens (tertiary/aromatic N) is 2. The van der Waals surface area contributed by atoms with Crippen molar-refractivity contribution in [2.24, 2.45) is 5.92 Å². The summed E-state index contributed by atoms with van der Waals surface area (Å²) in [7, 11) is 0. The van der Waals surface area contributed by atoms with Crippen LogP contribution in [0.4, 0.5) is 0 Å². The van der Waals surface area contributed by atoms with E-state index in [0.717, 1.165) is 17.0 Å². The molecule has 0 spiro atoms. The fourth-order valence-electron chi connectivity index (χ4n) is 3.70. The fourth-order valence-corrected chi connectivity index (χ4v) is 3.89. The Labute approximate surface area is 152 Å². The van der Waals surface area contributed by atoms with Crippen LogP contribution in [0.1, 0.15) is 43.0 Å². The number of hydrogen-bond donors (Lipinski definition) is 1. The average Bonchev–Trinajstić information content (AvgIpc) is 3.30. The molecule has 0 radical (unpaired) electrons. The number of amides is 1. The standard InChI is InChI=1S/C19H22ClN3O2/c20-15-5-6-18-13(10-15)9-14(12-25-18)19(24)21-11-16-7-8-23(22-16)17-3-1-2-4-17/h5-8,10,14,17H,1-4,9,11-12H2,(H,21,24)/t14-/m0/s1. The molecule has 25 heavy (non-hydrogen) atoms. The van der Waals surface area contributed by atoms with Crippen LogP contribution in [0.2, 0.25) is 5.02 Å². The van der Waals surface area contributed by atoms with Crippen molar-refractivity contribution in [3.05, 3.63) is 46.7 Å². The summed E-state index contributed by atoms with van der Waals surface area (Å²) >= 11 is 6.03. The van der Waals surface area contributed by atoms with Crippen LogP contribution in [0.3, 0.4) is 0 Å². The molecule has 1 aliphatic carbocycles. The lowest BCUT2D eigenvalue weighted by molar-refractivity contribution is -0.126. The molecule has 1 amide bonds. The van der Waals surface area contributed by atoms with Gasteiger partial charge in [-0.05, 0) is 49.1 Å². The van der Waals surface area contributed by atoms with E-state index in [1.165, 1.54) is 25.7 Å². The third-order valence-electron chi connectivity index (χ3n) is 5.11. The van der Waals surface area contributed by atoms with Crippen molar-refractivity contribution in [3.63, 3.8) is 0 Å². The molecule has 0 bridgehead atoms.